The fourth-order valence-corrected chi connectivity index (χ4v) is 3.62. The quantitative estimate of drug-likeness (QED) is 0.422. The Labute approximate surface area is 192 Å². The zero-order valence-corrected chi connectivity index (χ0v) is 18.6. The monoisotopic (exact) mass is 451 g/mol. The molecule has 0 bridgehead atoms. The molecule has 0 aliphatic carbocycles. The van der Waals surface area contributed by atoms with Gasteiger partial charge in [0, 0.05) is 18.0 Å². The molecule has 3 aromatic rings. The van der Waals surface area contributed by atoms with Crippen molar-refractivity contribution in [2.75, 3.05) is 6.54 Å². The number of nitrogens with one attached hydrogen (secondary N) is 1. The van der Waals surface area contributed by atoms with Gasteiger partial charge >= 0.3 is 5.97 Å². The maximum atomic E-state index is 13.3. The van der Waals surface area contributed by atoms with Gasteiger partial charge in [-0.2, -0.15) is 0 Å². The summed E-state index contributed by atoms with van der Waals surface area (Å²) in [5.41, 5.74) is 1.51. The van der Waals surface area contributed by atoms with Gasteiger partial charge in [0.2, 0.25) is 0 Å². The van der Waals surface area contributed by atoms with E-state index in [-0.39, 0.29) is 29.9 Å². The second-order valence-electron chi connectivity index (χ2n) is 8.31. The summed E-state index contributed by atoms with van der Waals surface area (Å²) in [7, 11) is 0. The number of ether oxygens (including phenoxy) is 1. The lowest BCUT2D eigenvalue weighted by molar-refractivity contribution is 0.0177. The standard InChI is InChI=1S/C27H27F2NO3/c1-18(2)16-25(33-27(32)21-10-14-23(29)15-11-21)24(19-6-4-3-5-7-19)17-30-26(31)20-8-12-22(28)13-9-20/h3-15,18,24-25H,16-17H2,1-2H3,(H,30,31). The summed E-state index contributed by atoms with van der Waals surface area (Å²) in [5.74, 6) is -1.85. The van der Waals surface area contributed by atoms with Crippen LogP contribution >= 0.6 is 0 Å². The summed E-state index contributed by atoms with van der Waals surface area (Å²) in [6.07, 6.45) is 0.0392. The van der Waals surface area contributed by atoms with Crippen LogP contribution in [0.3, 0.4) is 0 Å². The number of rotatable bonds is 9. The minimum absolute atomic E-state index is 0.217. The van der Waals surface area contributed by atoms with E-state index in [9.17, 15) is 18.4 Å². The average Bonchev–Trinajstić information content (AvgIpc) is 2.80. The molecule has 33 heavy (non-hydrogen) atoms. The van der Waals surface area contributed by atoms with E-state index in [4.69, 9.17) is 4.74 Å². The van der Waals surface area contributed by atoms with Crippen LogP contribution in [0.1, 0.15) is 52.5 Å². The number of halogens is 2. The first-order valence-corrected chi connectivity index (χ1v) is 10.9. The number of esters is 1. The Bertz CT molecular complexity index is 1050. The Morgan fingerprint density at radius 3 is 1.91 bits per heavy atom. The number of carbonyl (C=O) groups is 2. The van der Waals surface area contributed by atoms with Gasteiger partial charge < -0.3 is 10.1 Å². The largest absolute Gasteiger partial charge is 0.458 e. The molecular formula is C27H27F2NO3. The van der Waals surface area contributed by atoms with Gasteiger partial charge in [0.15, 0.2) is 0 Å². The molecule has 0 spiro atoms. The topological polar surface area (TPSA) is 55.4 Å². The van der Waals surface area contributed by atoms with E-state index in [1.165, 1.54) is 48.5 Å². The summed E-state index contributed by atoms with van der Waals surface area (Å²) in [6.45, 7) is 4.27. The van der Waals surface area contributed by atoms with Crippen LogP contribution in [-0.2, 0) is 4.74 Å². The number of benzene rings is 3. The van der Waals surface area contributed by atoms with Crippen LogP contribution in [0.2, 0.25) is 0 Å². The fraction of sp³-hybridized carbons (Fsp3) is 0.259. The molecule has 6 heteroatoms. The first-order chi connectivity index (χ1) is 15.8. The molecule has 2 atom stereocenters. The Hall–Kier alpha value is -3.54. The van der Waals surface area contributed by atoms with Gasteiger partial charge in [0.25, 0.3) is 5.91 Å². The smallest absolute Gasteiger partial charge is 0.338 e. The van der Waals surface area contributed by atoms with Crippen LogP contribution in [0.15, 0.2) is 78.9 Å². The maximum absolute atomic E-state index is 13.3. The Morgan fingerprint density at radius 2 is 1.36 bits per heavy atom. The lowest BCUT2D eigenvalue weighted by Crippen LogP contribution is -2.36. The van der Waals surface area contributed by atoms with Gasteiger partial charge in [-0.05, 0) is 66.4 Å². The molecule has 3 aromatic carbocycles. The number of hydrogen-bond acceptors (Lipinski definition) is 3. The summed E-state index contributed by atoms with van der Waals surface area (Å²) in [4.78, 5) is 25.4. The van der Waals surface area contributed by atoms with Crippen LogP contribution in [0.25, 0.3) is 0 Å². The summed E-state index contributed by atoms with van der Waals surface area (Å²) < 4.78 is 32.3. The molecule has 0 radical (unpaired) electrons. The third-order valence-corrected chi connectivity index (χ3v) is 5.31. The van der Waals surface area contributed by atoms with Gasteiger partial charge in [-0.15, -0.1) is 0 Å². The van der Waals surface area contributed by atoms with E-state index in [1.807, 2.05) is 44.2 Å². The van der Waals surface area contributed by atoms with Crippen molar-refractivity contribution in [2.45, 2.75) is 32.3 Å². The molecule has 0 aliphatic rings. The molecule has 0 heterocycles. The van der Waals surface area contributed by atoms with Gasteiger partial charge in [-0.1, -0.05) is 44.2 Å². The number of carbonyl (C=O) groups excluding carboxylic acids is 2. The molecule has 3 rings (SSSR count). The molecule has 0 aliphatic heterocycles. The van der Waals surface area contributed by atoms with E-state index in [0.717, 1.165) is 5.56 Å². The number of amides is 1. The molecule has 0 saturated carbocycles. The summed E-state index contributed by atoms with van der Waals surface area (Å²) >= 11 is 0. The predicted octanol–water partition coefficient (Wildman–Crippen LogP) is 5.75. The Balaban J connectivity index is 1.83. The Morgan fingerprint density at radius 1 is 0.818 bits per heavy atom. The lowest BCUT2D eigenvalue weighted by Gasteiger charge is -2.29. The maximum Gasteiger partial charge on any atom is 0.338 e. The van der Waals surface area contributed by atoms with Crippen molar-refractivity contribution in [1.29, 1.82) is 0 Å². The minimum Gasteiger partial charge on any atom is -0.458 e. The van der Waals surface area contributed by atoms with Crippen LogP contribution < -0.4 is 5.32 Å². The summed E-state index contributed by atoms with van der Waals surface area (Å²) in [6, 6.07) is 20.0. The van der Waals surface area contributed by atoms with Crippen molar-refractivity contribution in [1.82, 2.24) is 5.32 Å². The highest BCUT2D eigenvalue weighted by atomic mass is 19.1. The lowest BCUT2D eigenvalue weighted by atomic mass is 9.88. The molecule has 0 saturated heterocycles. The van der Waals surface area contributed by atoms with Crippen molar-refractivity contribution in [2.24, 2.45) is 5.92 Å². The summed E-state index contributed by atoms with van der Waals surface area (Å²) in [5, 5.41) is 2.89. The molecule has 1 amide bonds. The van der Waals surface area contributed by atoms with E-state index in [2.05, 4.69) is 5.32 Å². The van der Waals surface area contributed by atoms with Crippen molar-refractivity contribution in [3.8, 4) is 0 Å². The first-order valence-electron chi connectivity index (χ1n) is 10.9. The highest BCUT2D eigenvalue weighted by Gasteiger charge is 2.29. The van der Waals surface area contributed by atoms with Gasteiger partial charge in [-0.3, -0.25) is 4.79 Å². The van der Waals surface area contributed by atoms with Crippen LogP contribution in [0.5, 0.6) is 0 Å². The Kier molecular flexibility index (Phi) is 8.30. The fourth-order valence-electron chi connectivity index (χ4n) is 3.62. The second kappa shape index (κ2) is 11.4. The van der Waals surface area contributed by atoms with E-state index in [1.54, 1.807) is 0 Å². The molecular weight excluding hydrogens is 424 g/mol. The molecule has 1 N–H and O–H groups in total. The van der Waals surface area contributed by atoms with Gasteiger partial charge in [0.1, 0.15) is 17.7 Å². The van der Waals surface area contributed by atoms with Crippen LogP contribution in [0, 0.1) is 17.6 Å². The van der Waals surface area contributed by atoms with Gasteiger partial charge in [0.05, 0.1) is 5.56 Å². The second-order valence-corrected chi connectivity index (χ2v) is 8.31. The highest BCUT2D eigenvalue weighted by Crippen LogP contribution is 2.27. The third kappa shape index (κ3) is 6.97. The van der Waals surface area contributed by atoms with Crippen molar-refractivity contribution in [3.05, 3.63) is 107 Å². The van der Waals surface area contributed by atoms with E-state index in [0.29, 0.717) is 12.0 Å². The van der Waals surface area contributed by atoms with Crippen molar-refractivity contribution in [3.63, 3.8) is 0 Å². The van der Waals surface area contributed by atoms with E-state index < -0.39 is 23.7 Å². The number of hydrogen-bond donors (Lipinski definition) is 1. The molecule has 172 valence electrons. The highest BCUT2D eigenvalue weighted by molar-refractivity contribution is 5.94. The zero-order chi connectivity index (χ0) is 23.8. The van der Waals surface area contributed by atoms with Crippen LogP contribution in [-0.4, -0.2) is 24.5 Å². The molecule has 0 aromatic heterocycles. The van der Waals surface area contributed by atoms with E-state index >= 15 is 0 Å². The van der Waals surface area contributed by atoms with Crippen molar-refractivity contribution < 1.29 is 23.1 Å². The third-order valence-electron chi connectivity index (χ3n) is 5.31. The molecule has 2 unspecified atom stereocenters. The predicted molar refractivity (Wildman–Crippen MR) is 123 cm³/mol. The van der Waals surface area contributed by atoms with Crippen LogP contribution in [0.4, 0.5) is 8.78 Å². The first kappa shape index (κ1) is 24.1. The normalized spacial score (nSPS) is 12.8. The molecule has 4 nitrogen and oxygen atoms in total. The zero-order valence-electron chi connectivity index (χ0n) is 18.6. The minimum atomic E-state index is -0.550. The van der Waals surface area contributed by atoms with Gasteiger partial charge in [-0.25, -0.2) is 13.6 Å². The average molecular weight is 452 g/mol. The SMILES string of the molecule is CC(C)CC(OC(=O)c1ccc(F)cc1)C(CNC(=O)c1ccc(F)cc1)c1ccccc1. The molecule has 0 fully saturated rings. The van der Waals surface area contributed by atoms with Crippen molar-refractivity contribution >= 4 is 11.9 Å².